The standard InChI is InChI=1S/C9H4ClF6N/c10-7(9(14,15)16)17-6-4-2-1-3-5(6)8(11,12)13/h1-4H/b17-7-. The molecule has 0 unspecified atom stereocenters. The molecule has 0 amide bonds. The molecule has 0 saturated carbocycles. The molecule has 0 aromatic heterocycles. The Morgan fingerprint density at radius 1 is 1.00 bits per heavy atom. The van der Waals surface area contributed by atoms with Crippen LogP contribution in [0.15, 0.2) is 29.3 Å². The topological polar surface area (TPSA) is 12.4 Å². The fraction of sp³-hybridized carbons (Fsp3) is 0.222. The van der Waals surface area contributed by atoms with E-state index in [1.807, 2.05) is 0 Å². The minimum absolute atomic E-state index is 0.624. The first-order valence-electron chi connectivity index (χ1n) is 4.10. The Balaban J connectivity index is 3.25. The quantitative estimate of drug-likeness (QED) is 0.527. The first-order valence-corrected chi connectivity index (χ1v) is 4.48. The highest BCUT2D eigenvalue weighted by molar-refractivity contribution is 6.67. The maximum atomic E-state index is 12.4. The summed E-state index contributed by atoms with van der Waals surface area (Å²) < 4.78 is 73.3. The van der Waals surface area contributed by atoms with Gasteiger partial charge in [-0.2, -0.15) is 26.3 Å². The van der Waals surface area contributed by atoms with Crippen LogP contribution in [0.2, 0.25) is 0 Å². The first-order chi connectivity index (χ1) is 7.62. The lowest BCUT2D eigenvalue weighted by Crippen LogP contribution is -2.17. The number of hydrogen-bond donors (Lipinski definition) is 0. The molecule has 94 valence electrons. The highest BCUT2D eigenvalue weighted by atomic mass is 35.5. The van der Waals surface area contributed by atoms with Gasteiger partial charge in [-0.05, 0) is 12.1 Å². The lowest BCUT2D eigenvalue weighted by Gasteiger charge is -2.10. The Morgan fingerprint density at radius 2 is 1.53 bits per heavy atom. The van der Waals surface area contributed by atoms with Crippen molar-refractivity contribution in [3.63, 3.8) is 0 Å². The normalized spacial score (nSPS) is 13.9. The van der Waals surface area contributed by atoms with Crippen molar-refractivity contribution >= 4 is 22.5 Å². The zero-order chi connectivity index (χ0) is 13.3. The van der Waals surface area contributed by atoms with Gasteiger partial charge in [0.15, 0.2) is 0 Å². The van der Waals surface area contributed by atoms with E-state index in [0.29, 0.717) is 6.07 Å². The van der Waals surface area contributed by atoms with Crippen LogP contribution in [0.1, 0.15) is 5.56 Å². The molecule has 0 fully saturated rings. The van der Waals surface area contributed by atoms with Gasteiger partial charge in [-0.1, -0.05) is 23.7 Å². The smallest absolute Gasteiger partial charge is 0.232 e. The number of rotatable bonds is 1. The second-order valence-corrected chi connectivity index (χ2v) is 3.27. The second-order valence-electron chi connectivity index (χ2n) is 2.92. The van der Waals surface area contributed by atoms with Crippen LogP contribution in [-0.2, 0) is 6.18 Å². The number of nitrogens with zero attached hydrogens (tertiary/aromatic N) is 1. The predicted molar refractivity (Wildman–Crippen MR) is 50.4 cm³/mol. The van der Waals surface area contributed by atoms with Crippen molar-refractivity contribution in [1.82, 2.24) is 0 Å². The summed E-state index contributed by atoms with van der Waals surface area (Å²) in [6.45, 7) is 0. The summed E-state index contributed by atoms with van der Waals surface area (Å²) in [5.74, 6) is 0. The third-order valence-electron chi connectivity index (χ3n) is 1.66. The molecule has 0 aliphatic carbocycles. The molecule has 0 aliphatic heterocycles. The van der Waals surface area contributed by atoms with E-state index in [1.165, 1.54) is 0 Å². The van der Waals surface area contributed by atoms with Gasteiger partial charge in [-0.3, -0.25) is 0 Å². The molecular weight excluding hydrogens is 272 g/mol. The van der Waals surface area contributed by atoms with Gasteiger partial charge in [0.2, 0.25) is 5.17 Å². The summed E-state index contributed by atoms with van der Waals surface area (Å²) in [5.41, 5.74) is -2.15. The summed E-state index contributed by atoms with van der Waals surface area (Å²) in [6, 6.07) is 3.61. The lowest BCUT2D eigenvalue weighted by atomic mass is 10.2. The van der Waals surface area contributed by atoms with Crippen molar-refractivity contribution in [3.05, 3.63) is 29.8 Å². The average Bonchev–Trinajstić information content (AvgIpc) is 2.15. The van der Waals surface area contributed by atoms with Crippen LogP contribution in [0.25, 0.3) is 0 Å². The van der Waals surface area contributed by atoms with Gasteiger partial charge in [0.25, 0.3) is 0 Å². The van der Waals surface area contributed by atoms with Gasteiger partial charge < -0.3 is 0 Å². The van der Waals surface area contributed by atoms with Crippen LogP contribution in [-0.4, -0.2) is 11.3 Å². The van der Waals surface area contributed by atoms with Crippen LogP contribution >= 0.6 is 11.6 Å². The zero-order valence-corrected chi connectivity index (χ0v) is 8.66. The van der Waals surface area contributed by atoms with E-state index in [9.17, 15) is 26.3 Å². The summed E-state index contributed by atoms with van der Waals surface area (Å²) in [4.78, 5) is 2.73. The van der Waals surface area contributed by atoms with Crippen molar-refractivity contribution in [3.8, 4) is 0 Å². The van der Waals surface area contributed by atoms with E-state index in [4.69, 9.17) is 11.6 Å². The molecule has 0 radical (unpaired) electrons. The molecule has 1 nitrogen and oxygen atoms in total. The van der Waals surface area contributed by atoms with Gasteiger partial charge in [0, 0.05) is 0 Å². The average molecular weight is 276 g/mol. The van der Waals surface area contributed by atoms with E-state index in [-0.39, 0.29) is 0 Å². The molecule has 0 bridgehead atoms. The maximum absolute atomic E-state index is 12.4. The number of hydrogen-bond acceptors (Lipinski definition) is 1. The van der Waals surface area contributed by atoms with Gasteiger partial charge in [0.05, 0.1) is 11.3 Å². The molecule has 0 spiro atoms. The van der Waals surface area contributed by atoms with E-state index in [1.54, 1.807) is 0 Å². The summed E-state index contributed by atoms with van der Waals surface area (Å²) in [7, 11) is 0. The second kappa shape index (κ2) is 4.56. The maximum Gasteiger partial charge on any atom is 0.444 e. The molecule has 1 aromatic rings. The Bertz CT molecular complexity index is 434. The number of alkyl halides is 6. The van der Waals surface area contributed by atoms with Crippen LogP contribution in [0, 0.1) is 0 Å². The minimum Gasteiger partial charge on any atom is -0.232 e. The Morgan fingerprint density at radius 3 is 2.00 bits per heavy atom. The van der Waals surface area contributed by atoms with E-state index >= 15 is 0 Å². The van der Waals surface area contributed by atoms with E-state index in [0.717, 1.165) is 18.2 Å². The molecule has 0 atom stereocenters. The largest absolute Gasteiger partial charge is 0.444 e. The number of benzene rings is 1. The van der Waals surface area contributed by atoms with Crippen molar-refractivity contribution in [2.45, 2.75) is 12.4 Å². The molecule has 0 saturated heterocycles. The van der Waals surface area contributed by atoms with Crippen LogP contribution in [0.5, 0.6) is 0 Å². The van der Waals surface area contributed by atoms with E-state index in [2.05, 4.69) is 4.99 Å². The molecule has 0 aliphatic rings. The van der Waals surface area contributed by atoms with Crippen LogP contribution < -0.4 is 0 Å². The predicted octanol–water partition coefficient (Wildman–Crippen LogP) is 4.54. The zero-order valence-electron chi connectivity index (χ0n) is 7.90. The summed E-state index contributed by atoms with van der Waals surface area (Å²) >= 11 is 4.77. The van der Waals surface area contributed by atoms with Gasteiger partial charge in [-0.25, -0.2) is 4.99 Å². The van der Waals surface area contributed by atoms with Crippen molar-refractivity contribution < 1.29 is 26.3 Å². The Hall–Kier alpha value is -1.24. The summed E-state index contributed by atoms with van der Waals surface area (Å²) in [6.07, 6.45) is -9.76. The van der Waals surface area contributed by atoms with E-state index < -0.39 is 28.8 Å². The summed E-state index contributed by atoms with van der Waals surface area (Å²) in [5, 5.41) is -1.85. The molecule has 17 heavy (non-hydrogen) atoms. The molecule has 8 heteroatoms. The molecule has 0 N–H and O–H groups in total. The lowest BCUT2D eigenvalue weighted by molar-refractivity contribution is -0.137. The number of aliphatic imine (C=N–C) groups is 1. The fourth-order valence-corrected chi connectivity index (χ4v) is 1.07. The van der Waals surface area contributed by atoms with Crippen molar-refractivity contribution in [2.75, 3.05) is 0 Å². The minimum atomic E-state index is -4.97. The van der Waals surface area contributed by atoms with Gasteiger partial charge in [-0.15, -0.1) is 0 Å². The van der Waals surface area contributed by atoms with Gasteiger partial charge in [0.1, 0.15) is 0 Å². The highest BCUT2D eigenvalue weighted by Crippen LogP contribution is 2.37. The fourth-order valence-electron chi connectivity index (χ4n) is 0.980. The number of para-hydroxylation sites is 1. The highest BCUT2D eigenvalue weighted by Gasteiger charge is 2.37. The number of halogens is 7. The van der Waals surface area contributed by atoms with Gasteiger partial charge >= 0.3 is 12.4 Å². The van der Waals surface area contributed by atoms with Crippen LogP contribution in [0.4, 0.5) is 32.0 Å². The molecule has 1 rings (SSSR count). The van der Waals surface area contributed by atoms with Crippen LogP contribution in [0.3, 0.4) is 0 Å². The van der Waals surface area contributed by atoms with Crippen molar-refractivity contribution in [2.24, 2.45) is 4.99 Å². The molecular formula is C9H4ClF6N. The molecule has 1 aromatic carbocycles. The third-order valence-corrected chi connectivity index (χ3v) is 1.96. The Labute approximate surface area is 96.7 Å². The van der Waals surface area contributed by atoms with Crippen molar-refractivity contribution in [1.29, 1.82) is 0 Å². The third kappa shape index (κ3) is 3.62. The Kier molecular flexibility index (Phi) is 3.71. The SMILES string of the molecule is FC(F)(F)/C(Cl)=N/c1ccccc1C(F)(F)F. The first kappa shape index (κ1) is 13.8. The molecule has 0 heterocycles. The monoisotopic (exact) mass is 275 g/mol.